The van der Waals surface area contributed by atoms with Gasteiger partial charge in [0.05, 0.1) is 12.7 Å². The normalized spacial score (nSPS) is 21.7. The summed E-state index contributed by atoms with van der Waals surface area (Å²) in [5, 5.41) is 0. The van der Waals surface area contributed by atoms with E-state index in [9.17, 15) is 9.59 Å². The van der Waals surface area contributed by atoms with E-state index in [4.69, 9.17) is 13.9 Å². The molecule has 2 aliphatic heterocycles. The lowest BCUT2D eigenvalue weighted by atomic mass is 10.2. The Morgan fingerprint density at radius 2 is 2.09 bits per heavy atom. The van der Waals surface area contributed by atoms with E-state index in [1.54, 1.807) is 6.92 Å². The molecule has 0 unspecified atom stereocenters. The summed E-state index contributed by atoms with van der Waals surface area (Å²) >= 11 is 0. The van der Waals surface area contributed by atoms with Crippen LogP contribution in [0.3, 0.4) is 0 Å². The van der Waals surface area contributed by atoms with Crippen LogP contribution in [0.4, 0.5) is 5.69 Å². The average Bonchev–Trinajstić information content (AvgIpc) is 3.05. The first-order valence-corrected chi connectivity index (χ1v) is 7.96. The average molecular weight is 322 g/mol. The van der Waals surface area contributed by atoms with Crippen molar-refractivity contribution in [3.63, 3.8) is 0 Å². The quantitative estimate of drug-likeness (QED) is 0.799. The molecule has 0 aliphatic carbocycles. The molecule has 1 atom stereocenters. The zero-order valence-electron chi connectivity index (χ0n) is 13.3. The molecule has 126 valence electrons. The number of hydrogen-bond donors (Lipinski definition) is 0. The summed E-state index contributed by atoms with van der Waals surface area (Å²) in [5.41, 5.74) is 0.510. The Kier molecular flexibility index (Phi) is 4.97. The first-order chi connectivity index (χ1) is 11.1. The molecule has 7 nitrogen and oxygen atoms in total. The predicted octanol–water partition coefficient (Wildman–Crippen LogP) is 0.402. The monoisotopic (exact) mass is 322 g/mol. The van der Waals surface area contributed by atoms with E-state index in [1.165, 1.54) is 6.07 Å². The largest absolute Gasteiger partial charge is 0.428 e. The third-order valence-corrected chi connectivity index (χ3v) is 4.21. The van der Waals surface area contributed by atoms with E-state index in [0.29, 0.717) is 45.2 Å². The first kappa shape index (κ1) is 16.0. The molecule has 2 saturated heterocycles. The molecule has 0 radical (unpaired) electrons. The molecule has 1 aromatic heterocycles. The van der Waals surface area contributed by atoms with Crippen molar-refractivity contribution in [1.82, 2.24) is 4.90 Å². The Morgan fingerprint density at radius 3 is 2.74 bits per heavy atom. The molecule has 7 heteroatoms. The number of hydrogen-bond acceptors (Lipinski definition) is 6. The highest BCUT2D eigenvalue weighted by Crippen LogP contribution is 2.16. The summed E-state index contributed by atoms with van der Waals surface area (Å²) in [4.78, 5) is 27.5. The second kappa shape index (κ2) is 7.14. The molecule has 3 rings (SSSR count). The molecular formula is C16H22N2O5. The van der Waals surface area contributed by atoms with Crippen LogP contribution in [0.15, 0.2) is 21.3 Å². The van der Waals surface area contributed by atoms with Crippen molar-refractivity contribution in [3.8, 4) is 0 Å². The van der Waals surface area contributed by atoms with Gasteiger partial charge in [-0.1, -0.05) is 0 Å². The zero-order chi connectivity index (χ0) is 16.2. The molecule has 3 heterocycles. The van der Waals surface area contributed by atoms with Crippen LogP contribution in [-0.2, 0) is 14.3 Å². The first-order valence-electron chi connectivity index (χ1n) is 7.96. The molecule has 0 aromatic carbocycles. The van der Waals surface area contributed by atoms with Crippen molar-refractivity contribution in [2.24, 2.45) is 0 Å². The molecular weight excluding hydrogens is 300 g/mol. The van der Waals surface area contributed by atoms with Crippen LogP contribution in [0.1, 0.15) is 12.2 Å². The van der Waals surface area contributed by atoms with Crippen molar-refractivity contribution < 1.29 is 18.7 Å². The fourth-order valence-electron chi connectivity index (χ4n) is 2.91. The molecule has 2 aliphatic rings. The van der Waals surface area contributed by atoms with Gasteiger partial charge in [-0.05, 0) is 19.4 Å². The van der Waals surface area contributed by atoms with Crippen LogP contribution in [0, 0.1) is 6.92 Å². The molecule has 1 aromatic rings. The fourth-order valence-corrected chi connectivity index (χ4v) is 2.91. The maximum atomic E-state index is 12.2. The van der Waals surface area contributed by atoms with Gasteiger partial charge >= 0.3 is 5.63 Å². The number of carbonyl (C=O) groups is 1. The van der Waals surface area contributed by atoms with Gasteiger partial charge in [0.25, 0.3) is 0 Å². The van der Waals surface area contributed by atoms with Crippen molar-refractivity contribution in [2.75, 3.05) is 50.9 Å². The molecule has 0 spiro atoms. The van der Waals surface area contributed by atoms with E-state index >= 15 is 0 Å². The summed E-state index contributed by atoms with van der Waals surface area (Å²) in [6, 6.07) is 3.34. The summed E-state index contributed by atoms with van der Waals surface area (Å²) < 4.78 is 15.8. The predicted molar refractivity (Wildman–Crippen MR) is 83.7 cm³/mol. The molecule has 1 amide bonds. The van der Waals surface area contributed by atoms with E-state index < -0.39 is 0 Å². The number of carbonyl (C=O) groups excluding carboxylic acids is 1. The number of anilines is 1. The van der Waals surface area contributed by atoms with Gasteiger partial charge in [-0.2, -0.15) is 0 Å². The van der Waals surface area contributed by atoms with E-state index in [1.807, 2.05) is 11.0 Å². The van der Waals surface area contributed by atoms with Gasteiger partial charge in [0.2, 0.25) is 5.91 Å². The van der Waals surface area contributed by atoms with Crippen LogP contribution in [-0.4, -0.2) is 62.9 Å². The summed E-state index contributed by atoms with van der Waals surface area (Å²) in [5.74, 6) is 0.610. The van der Waals surface area contributed by atoms with Gasteiger partial charge in [0.1, 0.15) is 12.4 Å². The molecule has 23 heavy (non-hydrogen) atoms. The minimum absolute atomic E-state index is 0.0142. The number of aryl methyl sites for hydroxylation is 1. The van der Waals surface area contributed by atoms with Crippen LogP contribution in [0.2, 0.25) is 0 Å². The molecule has 0 N–H and O–H groups in total. The molecule has 0 saturated carbocycles. The Bertz CT molecular complexity index is 601. The Balaban J connectivity index is 1.49. The Morgan fingerprint density at radius 1 is 1.30 bits per heavy atom. The second-order valence-corrected chi connectivity index (χ2v) is 5.91. The third kappa shape index (κ3) is 4.11. The van der Waals surface area contributed by atoms with Crippen LogP contribution in [0.5, 0.6) is 0 Å². The summed E-state index contributed by atoms with van der Waals surface area (Å²) in [6.45, 7) is 5.81. The smallest absolute Gasteiger partial charge is 0.337 e. The van der Waals surface area contributed by atoms with Crippen molar-refractivity contribution in [3.05, 3.63) is 28.3 Å². The number of nitrogens with zero attached hydrogens (tertiary/aromatic N) is 2. The molecule has 0 bridgehead atoms. The highest BCUT2D eigenvalue weighted by Gasteiger charge is 2.24. The highest BCUT2D eigenvalue weighted by atomic mass is 16.5. The van der Waals surface area contributed by atoms with Crippen LogP contribution < -0.4 is 10.5 Å². The lowest BCUT2D eigenvalue weighted by Crippen LogP contribution is -2.50. The summed E-state index contributed by atoms with van der Waals surface area (Å²) in [6.07, 6.45) is 0.906. The minimum atomic E-state index is -0.342. The Labute approximate surface area is 134 Å². The van der Waals surface area contributed by atoms with Crippen LogP contribution in [0.25, 0.3) is 0 Å². The van der Waals surface area contributed by atoms with E-state index in [2.05, 4.69) is 4.90 Å². The van der Waals surface area contributed by atoms with Gasteiger partial charge in [-0.25, -0.2) is 4.79 Å². The van der Waals surface area contributed by atoms with Gasteiger partial charge in [0, 0.05) is 44.5 Å². The van der Waals surface area contributed by atoms with Gasteiger partial charge in [-0.3, -0.25) is 4.79 Å². The van der Waals surface area contributed by atoms with Gasteiger partial charge < -0.3 is 23.7 Å². The maximum Gasteiger partial charge on any atom is 0.337 e. The third-order valence-electron chi connectivity index (χ3n) is 4.21. The topological polar surface area (TPSA) is 72.2 Å². The number of piperazine rings is 1. The number of rotatable bonds is 4. The zero-order valence-corrected chi connectivity index (χ0v) is 13.3. The fraction of sp³-hybridized carbons (Fsp3) is 0.625. The maximum absolute atomic E-state index is 12.2. The molecule has 2 fully saturated rings. The lowest BCUT2D eigenvalue weighted by Gasteiger charge is -2.36. The number of ether oxygens (including phenoxy) is 2. The van der Waals surface area contributed by atoms with Gasteiger partial charge in [0.15, 0.2) is 0 Å². The SMILES string of the molecule is Cc1cc(N2CCN(C(=O)CO[C@@H]3CCOC3)CC2)cc(=O)o1. The van der Waals surface area contributed by atoms with E-state index in [-0.39, 0.29) is 24.2 Å². The standard InChI is InChI=1S/C16H22N2O5/c1-12-8-13(9-16(20)23-12)17-3-5-18(6-4-17)15(19)11-22-14-2-7-21-10-14/h8-9,14H,2-7,10-11H2,1H3/t14-/m1/s1. The Hall–Kier alpha value is -1.86. The van der Waals surface area contributed by atoms with Gasteiger partial charge in [-0.15, -0.1) is 0 Å². The van der Waals surface area contributed by atoms with Crippen molar-refractivity contribution in [2.45, 2.75) is 19.4 Å². The number of amides is 1. The van der Waals surface area contributed by atoms with Crippen molar-refractivity contribution >= 4 is 11.6 Å². The van der Waals surface area contributed by atoms with Crippen molar-refractivity contribution in [1.29, 1.82) is 0 Å². The van der Waals surface area contributed by atoms with Crippen LogP contribution >= 0.6 is 0 Å². The second-order valence-electron chi connectivity index (χ2n) is 5.91. The lowest BCUT2D eigenvalue weighted by molar-refractivity contribution is -0.138. The highest BCUT2D eigenvalue weighted by molar-refractivity contribution is 5.77. The van der Waals surface area contributed by atoms with E-state index in [0.717, 1.165) is 12.1 Å². The summed E-state index contributed by atoms with van der Waals surface area (Å²) in [7, 11) is 0. The minimum Gasteiger partial charge on any atom is -0.428 e.